The normalized spacial score (nSPS) is 20.2. The topological polar surface area (TPSA) is 41.1 Å². The average molecular weight is 348 g/mol. The molecule has 0 saturated carbocycles. The standard InChI is InChI=1S/C14H19BrN2O.ClH/c1-10(11-6-2-3-7-12(11)15)17-14(18)13-8-4-5-9-16-13;/h2-3,6-7,10,13,16H,4-5,8-9H2,1H3,(H,17,18);1H. The third-order valence-electron chi connectivity index (χ3n) is 3.36. The van der Waals surface area contributed by atoms with Gasteiger partial charge in [-0.3, -0.25) is 4.79 Å². The third kappa shape index (κ3) is 4.48. The molecule has 1 aromatic carbocycles. The van der Waals surface area contributed by atoms with E-state index in [1.807, 2.05) is 31.2 Å². The molecule has 0 aromatic heterocycles. The van der Waals surface area contributed by atoms with Crippen LogP contribution in [0.5, 0.6) is 0 Å². The largest absolute Gasteiger partial charge is 0.348 e. The van der Waals surface area contributed by atoms with Gasteiger partial charge in [-0.1, -0.05) is 40.5 Å². The Bertz CT molecular complexity index is 422. The van der Waals surface area contributed by atoms with E-state index < -0.39 is 0 Å². The Morgan fingerprint density at radius 3 is 2.79 bits per heavy atom. The fourth-order valence-electron chi connectivity index (χ4n) is 2.29. The van der Waals surface area contributed by atoms with Gasteiger partial charge in [0.05, 0.1) is 12.1 Å². The summed E-state index contributed by atoms with van der Waals surface area (Å²) in [6.45, 7) is 2.96. The SMILES string of the molecule is CC(NC(=O)C1CCCCN1)c1ccccc1Br.Cl. The van der Waals surface area contributed by atoms with Crippen molar-refractivity contribution in [2.75, 3.05) is 6.54 Å². The van der Waals surface area contributed by atoms with E-state index in [4.69, 9.17) is 0 Å². The first-order chi connectivity index (χ1) is 8.68. The number of halogens is 2. The van der Waals surface area contributed by atoms with Gasteiger partial charge in [-0.2, -0.15) is 0 Å². The molecule has 2 N–H and O–H groups in total. The van der Waals surface area contributed by atoms with E-state index in [1.54, 1.807) is 0 Å². The van der Waals surface area contributed by atoms with Crippen molar-refractivity contribution in [3.8, 4) is 0 Å². The number of carbonyl (C=O) groups is 1. The molecule has 1 aromatic rings. The molecule has 2 atom stereocenters. The molecule has 1 heterocycles. The lowest BCUT2D eigenvalue weighted by atomic mass is 10.0. The van der Waals surface area contributed by atoms with Crippen molar-refractivity contribution in [3.63, 3.8) is 0 Å². The highest BCUT2D eigenvalue weighted by atomic mass is 79.9. The van der Waals surface area contributed by atoms with Crippen LogP contribution in [-0.2, 0) is 4.79 Å². The lowest BCUT2D eigenvalue weighted by Crippen LogP contribution is -2.47. The zero-order valence-corrected chi connectivity index (χ0v) is 13.4. The number of rotatable bonds is 3. The Labute approximate surface area is 129 Å². The highest BCUT2D eigenvalue weighted by Gasteiger charge is 2.22. The van der Waals surface area contributed by atoms with Gasteiger partial charge in [-0.15, -0.1) is 12.4 Å². The van der Waals surface area contributed by atoms with Crippen LogP contribution in [0.3, 0.4) is 0 Å². The van der Waals surface area contributed by atoms with Crippen molar-refractivity contribution in [2.24, 2.45) is 0 Å². The summed E-state index contributed by atoms with van der Waals surface area (Å²) < 4.78 is 1.04. The van der Waals surface area contributed by atoms with Gasteiger partial charge in [0.25, 0.3) is 0 Å². The summed E-state index contributed by atoms with van der Waals surface area (Å²) in [5.74, 6) is 0.109. The molecular weight excluding hydrogens is 328 g/mol. The maximum Gasteiger partial charge on any atom is 0.237 e. The van der Waals surface area contributed by atoms with Crippen molar-refractivity contribution < 1.29 is 4.79 Å². The van der Waals surface area contributed by atoms with Crippen molar-refractivity contribution >= 4 is 34.2 Å². The molecule has 0 radical (unpaired) electrons. The Morgan fingerprint density at radius 2 is 2.16 bits per heavy atom. The Balaban J connectivity index is 0.00000180. The number of piperidine rings is 1. The number of benzene rings is 1. The number of carbonyl (C=O) groups excluding carboxylic acids is 1. The van der Waals surface area contributed by atoms with Crippen molar-refractivity contribution in [1.29, 1.82) is 0 Å². The number of hydrogen-bond acceptors (Lipinski definition) is 2. The molecule has 2 rings (SSSR count). The van der Waals surface area contributed by atoms with Crippen molar-refractivity contribution in [1.82, 2.24) is 10.6 Å². The first kappa shape index (κ1) is 16.5. The van der Waals surface area contributed by atoms with Gasteiger partial charge in [-0.05, 0) is 37.9 Å². The lowest BCUT2D eigenvalue weighted by molar-refractivity contribution is -0.124. The molecule has 2 unspecified atom stereocenters. The number of hydrogen-bond donors (Lipinski definition) is 2. The first-order valence-corrected chi connectivity index (χ1v) is 7.26. The average Bonchev–Trinajstić information content (AvgIpc) is 2.40. The van der Waals surface area contributed by atoms with Gasteiger partial charge in [0.2, 0.25) is 5.91 Å². The second-order valence-electron chi connectivity index (χ2n) is 4.75. The molecule has 106 valence electrons. The molecule has 1 saturated heterocycles. The molecule has 19 heavy (non-hydrogen) atoms. The Hall–Kier alpha value is -0.580. The van der Waals surface area contributed by atoms with Crippen LogP contribution in [0.15, 0.2) is 28.7 Å². The molecule has 5 heteroatoms. The lowest BCUT2D eigenvalue weighted by Gasteiger charge is -2.25. The van der Waals surface area contributed by atoms with Crippen LogP contribution >= 0.6 is 28.3 Å². The molecule has 0 spiro atoms. The van der Waals surface area contributed by atoms with E-state index in [9.17, 15) is 4.79 Å². The Kier molecular flexibility index (Phi) is 6.83. The number of nitrogens with one attached hydrogen (secondary N) is 2. The minimum Gasteiger partial charge on any atom is -0.348 e. The Morgan fingerprint density at radius 1 is 1.42 bits per heavy atom. The predicted octanol–water partition coefficient (Wildman–Crippen LogP) is 3.19. The van der Waals surface area contributed by atoms with Crippen LogP contribution in [0.1, 0.15) is 37.8 Å². The van der Waals surface area contributed by atoms with E-state index in [1.165, 1.54) is 6.42 Å². The summed E-state index contributed by atoms with van der Waals surface area (Å²) in [6, 6.07) is 7.99. The summed E-state index contributed by atoms with van der Waals surface area (Å²) in [6.07, 6.45) is 3.24. The molecule has 3 nitrogen and oxygen atoms in total. The number of amides is 1. The molecule has 1 amide bonds. The van der Waals surface area contributed by atoms with E-state index >= 15 is 0 Å². The van der Waals surface area contributed by atoms with Crippen LogP contribution in [0.2, 0.25) is 0 Å². The molecule has 0 bridgehead atoms. The van der Waals surface area contributed by atoms with E-state index in [0.29, 0.717) is 0 Å². The minimum atomic E-state index is -0.0244. The smallest absolute Gasteiger partial charge is 0.237 e. The molecule has 1 aliphatic heterocycles. The minimum absolute atomic E-state index is 0. The third-order valence-corrected chi connectivity index (χ3v) is 4.08. The maximum absolute atomic E-state index is 12.1. The highest BCUT2D eigenvalue weighted by Crippen LogP contribution is 2.23. The summed E-state index contributed by atoms with van der Waals surface area (Å²) in [5, 5.41) is 6.34. The van der Waals surface area contributed by atoms with Gasteiger partial charge in [-0.25, -0.2) is 0 Å². The monoisotopic (exact) mass is 346 g/mol. The van der Waals surface area contributed by atoms with Gasteiger partial charge in [0.1, 0.15) is 0 Å². The van der Waals surface area contributed by atoms with E-state index in [2.05, 4.69) is 26.6 Å². The van der Waals surface area contributed by atoms with Gasteiger partial charge in [0.15, 0.2) is 0 Å². The van der Waals surface area contributed by atoms with Gasteiger partial charge in [0, 0.05) is 4.47 Å². The summed E-state index contributed by atoms with van der Waals surface area (Å²) >= 11 is 3.52. The van der Waals surface area contributed by atoms with Gasteiger partial charge < -0.3 is 10.6 Å². The fraction of sp³-hybridized carbons (Fsp3) is 0.500. The van der Waals surface area contributed by atoms with Gasteiger partial charge >= 0.3 is 0 Å². The van der Waals surface area contributed by atoms with Crippen LogP contribution in [0.25, 0.3) is 0 Å². The van der Waals surface area contributed by atoms with Crippen LogP contribution in [0.4, 0.5) is 0 Å². The fourth-order valence-corrected chi connectivity index (χ4v) is 2.92. The zero-order chi connectivity index (χ0) is 13.0. The van der Waals surface area contributed by atoms with E-state index in [-0.39, 0.29) is 30.4 Å². The first-order valence-electron chi connectivity index (χ1n) is 6.46. The van der Waals surface area contributed by atoms with Crippen LogP contribution in [-0.4, -0.2) is 18.5 Å². The molecular formula is C14H20BrClN2O. The predicted molar refractivity (Wildman–Crippen MR) is 83.6 cm³/mol. The second kappa shape index (κ2) is 7.88. The molecule has 1 aliphatic rings. The maximum atomic E-state index is 12.1. The van der Waals surface area contributed by atoms with Crippen molar-refractivity contribution in [2.45, 2.75) is 38.3 Å². The second-order valence-corrected chi connectivity index (χ2v) is 5.61. The summed E-state index contributed by atoms with van der Waals surface area (Å²) in [5.41, 5.74) is 1.11. The van der Waals surface area contributed by atoms with Crippen molar-refractivity contribution in [3.05, 3.63) is 34.3 Å². The highest BCUT2D eigenvalue weighted by molar-refractivity contribution is 9.10. The quantitative estimate of drug-likeness (QED) is 0.881. The van der Waals surface area contributed by atoms with Crippen LogP contribution < -0.4 is 10.6 Å². The van der Waals surface area contributed by atoms with E-state index in [0.717, 1.165) is 29.4 Å². The molecule has 0 aliphatic carbocycles. The summed E-state index contributed by atoms with van der Waals surface area (Å²) in [7, 11) is 0. The van der Waals surface area contributed by atoms with Crippen LogP contribution in [0, 0.1) is 0 Å². The summed E-state index contributed by atoms with van der Waals surface area (Å²) in [4.78, 5) is 12.1. The zero-order valence-electron chi connectivity index (χ0n) is 11.0. The molecule has 1 fully saturated rings.